The average Bonchev–Trinajstić information content (AvgIpc) is 2.98. The summed E-state index contributed by atoms with van der Waals surface area (Å²) >= 11 is 0. The van der Waals surface area contributed by atoms with Gasteiger partial charge in [-0.15, -0.1) is 0 Å². The maximum Gasteiger partial charge on any atom is 0.339 e. The number of aromatic carboxylic acids is 1. The summed E-state index contributed by atoms with van der Waals surface area (Å²) in [6.07, 6.45) is 5.55. The normalized spacial score (nSPS) is 14.2. The van der Waals surface area contributed by atoms with Crippen LogP contribution in [0, 0.1) is 5.92 Å². The lowest BCUT2D eigenvalue weighted by atomic mass is 10.1. The molecule has 1 aliphatic rings. The van der Waals surface area contributed by atoms with Crippen molar-refractivity contribution >= 4 is 11.9 Å². The highest BCUT2D eigenvalue weighted by Crippen LogP contribution is 2.21. The van der Waals surface area contributed by atoms with E-state index in [2.05, 4.69) is 5.32 Å². The van der Waals surface area contributed by atoms with E-state index in [1.165, 1.54) is 13.2 Å². The van der Waals surface area contributed by atoms with Crippen molar-refractivity contribution in [3.8, 4) is 5.75 Å². The minimum absolute atomic E-state index is 0.00249. The molecule has 0 bridgehead atoms. The molecule has 20 heavy (non-hydrogen) atoms. The van der Waals surface area contributed by atoms with Gasteiger partial charge in [0.1, 0.15) is 11.3 Å². The number of nitrogens with one attached hydrogen (secondary N) is 1. The van der Waals surface area contributed by atoms with Crippen molar-refractivity contribution in [3.63, 3.8) is 0 Å². The summed E-state index contributed by atoms with van der Waals surface area (Å²) in [6.45, 7) is 0.319. The topological polar surface area (TPSA) is 75.6 Å². The van der Waals surface area contributed by atoms with Crippen LogP contribution in [-0.4, -0.2) is 24.1 Å². The molecule has 5 heteroatoms. The number of benzene rings is 1. The van der Waals surface area contributed by atoms with Crippen molar-refractivity contribution in [2.45, 2.75) is 19.4 Å². The van der Waals surface area contributed by atoms with Gasteiger partial charge in [0.15, 0.2) is 0 Å². The van der Waals surface area contributed by atoms with Gasteiger partial charge in [0, 0.05) is 12.5 Å². The lowest BCUT2D eigenvalue weighted by molar-refractivity contribution is -0.124. The first-order chi connectivity index (χ1) is 9.61. The molecule has 2 rings (SSSR count). The second-order valence-electron chi connectivity index (χ2n) is 4.70. The van der Waals surface area contributed by atoms with Crippen LogP contribution in [0.1, 0.15) is 28.8 Å². The van der Waals surface area contributed by atoms with Crippen molar-refractivity contribution in [1.29, 1.82) is 0 Å². The maximum atomic E-state index is 11.9. The Kier molecular flexibility index (Phi) is 4.40. The van der Waals surface area contributed by atoms with Gasteiger partial charge in [-0.05, 0) is 30.5 Å². The van der Waals surface area contributed by atoms with Crippen molar-refractivity contribution in [2.75, 3.05) is 7.11 Å². The second-order valence-corrected chi connectivity index (χ2v) is 4.70. The highest BCUT2D eigenvalue weighted by molar-refractivity contribution is 5.91. The molecule has 1 amide bonds. The van der Waals surface area contributed by atoms with Gasteiger partial charge in [-0.25, -0.2) is 4.79 Å². The molecule has 0 fully saturated rings. The molecule has 1 aliphatic carbocycles. The molecule has 0 unspecified atom stereocenters. The number of carbonyl (C=O) groups excluding carboxylic acids is 1. The fourth-order valence-electron chi connectivity index (χ4n) is 2.20. The van der Waals surface area contributed by atoms with Crippen LogP contribution in [0.2, 0.25) is 0 Å². The van der Waals surface area contributed by atoms with Crippen LogP contribution in [0.3, 0.4) is 0 Å². The third-order valence-electron chi connectivity index (χ3n) is 3.34. The van der Waals surface area contributed by atoms with Gasteiger partial charge in [0.05, 0.1) is 7.11 Å². The second kappa shape index (κ2) is 6.23. The lowest BCUT2D eigenvalue weighted by Crippen LogP contribution is -2.29. The number of carboxylic acid groups (broad SMARTS) is 1. The summed E-state index contributed by atoms with van der Waals surface area (Å²) in [6, 6.07) is 4.87. The quantitative estimate of drug-likeness (QED) is 0.806. The Hall–Kier alpha value is -2.30. The summed E-state index contributed by atoms with van der Waals surface area (Å²) in [4.78, 5) is 23.0. The van der Waals surface area contributed by atoms with Gasteiger partial charge in [-0.2, -0.15) is 0 Å². The molecule has 0 atom stereocenters. The zero-order valence-electron chi connectivity index (χ0n) is 11.3. The molecule has 0 aliphatic heterocycles. The van der Waals surface area contributed by atoms with Crippen molar-refractivity contribution in [1.82, 2.24) is 5.32 Å². The van der Waals surface area contributed by atoms with E-state index in [1.807, 2.05) is 12.2 Å². The predicted octanol–water partition coefficient (Wildman–Crippen LogP) is 1.98. The first kappa shape index (κ1) is 14.1. The first-order valence-electron chi connectivity index (χ1n) is 6.44. The Labute approximate surface area is 117 Å². The summed E-state index contributed by atoms with van der Waals surface area (Å²) < 4.78 is 4.99. The van der Waals surface area contributed by atoms with Gasteiger partial charge in [0.2, 0.25) is 5.91 Å². The minimum Gasteiger partial charge on any atom is -0.496 e. The number of carbonyl (C=O) groups is 2. The van der Waals surface area contributed by atoms with Crippen molar-refractivity contribution in [2.24, 2.45) is 5.92 Å². The van der Waals surface area contributed by atoms with E-state index in [9.17, 15) is 9.59 Å². The fourth-order valence-corrected chi connectivity index (χ4v) is 2.20. The first-order valence-corrected chi connectivity index (χ1v) is 6.44. The average molecular weight is 275 g/mol. The highest BCUT2D eigenvalue weighted by atomic mass is 16.5. The largest absolute Gasteiger partial charge is 0.496 e. The van der Waals surface area contributed by atoms with E-state index < -0.39 is 5.97 Å². The molecule has 0 spiro atoms. The molecule has 1 aromatic rings. The van der Waals surface area contributed by atoms with E-state index in [1.54, 1.807) is 12.1 Å². The molecule has 1 aromatic carbocycles. The minimum atomic E-state index is -1.05. The van der Waals surface area contributed by atoms with Crippen LogP contribution in [0.5, 0.6) is 5.75 Å². The maximum absolute atomic E-state index is 11.9. The number of ether oxygens (including phenoxy) is 1. The highest BCUT2D eigenvalue weighted by Gasteiger charge is 2.19. The number of hydrogen-bond acceptors (Lipinski definition) is 3. The number of rotatable bonds is 5. The Morgan fingerprint density at radius 3 is 2.65 bits per heavy atom. The van der Waals surface area contributed by atoms with Gasteiger partial charge < -0.3 is 15.2 Å². The van der Waals surface area contributed by atoms with Crippen LogP contribution < -0.4 is 10.1 Å². The summed E-state index contributed by atoms with van der Waals surface area (Å²) in [5, 5.41) is 11.9. The van der Waals surface area contributed by atoms with E-state index >= 15 is 0 Å². The third-order valence-corrected chi connectivity index (χ3v) is 3.34. The van der Waals surface area contributed by atoms with Crippen LogP contribution in [0.25, 0.3) is 0 Å². The summed E-state index contributed by atoms with van der Waals surface area (Å²) in [5.41, 5.74) is 0.837. The molecule has 106 valence electrons. The number of allylic oxidation sites excluding steroid dienone is 2. The SMILES string of the molecule is COc1ccc(CNC(=O)C2CC=CC2)cc1C(=O)O. The Morgan fingerprint density at radius 1 is 1.35 bits per heavy atom. The van der Waals surface area contributed by atoms with Crippen LogP contribution in [-0.2, 0) is 11.3 Å². The standard InChI is InChI=1S/C15H17NO4/c1-20-13-7-6-10(8-12(13)15(18)19)9-16-14(17)11-4-2-3-5-11/h2-3,6-8,11H,4-5,9H2,1H3,(H,16,17)(H,18,19). The van der Waals surface area contributed by atoms with Gasteiger partial charge >= 0.3 is 5.97 Å². The van der Waals surface area contributed by atoms with E-state index in [0.717, 1.165) is 18.4 Å². The number of methoxy groups -OCH3 is 1. The smallest absolute Gasteiger partial charge is 0.339 e. The van der Waals surface area contributed by atoms with E-state index in [-0.39, 0.29) is 17.4 Å². The number of hydrogen-bond donors (Lipinski definition) is 2. The van der Waals surface area contributed by atoms with Gasteiger partial charge in [-0.3, -0.25) is 4.79 Å². The van der Waals surface area contributed by atoms with Gasteiger partial charge in [-0.1, -0.05) is 18.2 Å². The van der Waals surface area contributed by atoms with Crippen molar-refractivity contribution < 1.29 is 19.4 Å². The van der Waals surface area contributed by atoms with E-state index in [0.29, 0.717) is 12.3 Å². The Morgan fingerprint density at radius 2 is 2.05 bits per heavy atom. The molecule has 0 saturated carbocycles. The zero-order valence-corrected chi connectivity index (χ0v) is 11.3. The van der Waals surface area contributed by atoms with E-state index in [4.69, 9.17) is 9.84 Å². The third kappa shape index (κ3) is 3.17. The fraction of sp³-hybridized carbons (Fsp3) is 0.333. The molecule has 5 nitrogen and oxygen atoms in total. The zero-order chi connectivity index (χ0) is 14.5. The summed E-state index contributed by atoms with van der Waals surface area (Å²) in [5.74, 6) is -0.725. The predicted molar refractivity (Wildman–Crippen MR) is 73.7 cm³/mol. The van der Waals surface area contributed by atoms with Crippen molar-refractivity contribution in [3.05, 3.63) is 41.5 Å². The number of amides is 1. The molecule has 0 heterocycles. The van der Waals surface area contributed by atoms with Crippen LogP contribution >= 0.6 is 0 Å². The Bertz CT molecular complexity index is 543. The number of carboxylic acids is 1. The van der Waals surface area contributed by atoms with Gasteiger partial charge in [0.25, 0.3) is 0 Å². The molecule has 0 saturated heterocycles. The molecule has 0 aromatic heterocycles. The monoisotopic (exact) mass is 275 g/mol. The lowest BCUT2D eigenvalue weighted by Gasteiger charge is -2.12. The molecule has 2 N–H and O–H groups in total. The molecular weight excluding hydrogens is 258 g/mol. The van der Waals surface area contributed by atoms with Crippen LogP contribution in [0.4, 0.5) is 0 Å². The molecular formula is C15H17NO4. The Balaban J connectivity index is 2.00. The molecule has 0 radical (unpaired) electrons. The summed E-state index contributed by atoms with van der Waals surface area (Å²) in [7, 11) is 1.43. The van der Waals surface area contributed by atoms with Crippen LogP contribution in [0.15, 0.2) is 30.4 Å².